The number of hydrogen-bond acceptors (Lipinski definition) is 5. The molecule has 1 aromatic carbocycles. The Morgan fingerprint density at radius 3 is 2.38 bits per heavy atom. The number of benzene rings is 1. The molecule has 0 aliphatic rings. The number of nitrogens with zero attached hydrogens (tertiary/aromatic N) is 2. The molecule has 3 aromatic rings. The van der Waals surface area contributed by atoms with Gasteiger partial charge in [-0.3, -0.25) is 4.72 Å². The highest BCUT2D eigenvalue weighted by atomic mass is 35.5. The lowest BCUT2D eigenvalue weighted by Crippen LogP contribution is -2.16. The summed E-state index contributed by atoms with van der Waals surface area (Å²) in [7, 11) is -4.12. The van der Waals surface area contributed by atoms with E-state index in [-0.39, 0.29) is 38.5 Å². The summed E-state index contributed by atoms with van der Waals surface area (Å²) in [6.45, 7) is 1.30. The van der Waals surface area contributed by atoms with Crippen molar-refractivity contribution in [3.05, 3.63) is 64.7 Å². The zero-order valence-electron chi connectivity index (χ0n) is 14.8. The molecule has 0 amide bonds. The lowest BCUT2D eigenvalue weighted by Gasteiger charge is -2.15. The maximum atomic E-state index is 13.2. The van der Waals surface area contributed by atoms with E-state index in [0.29, 0.717) is 0 Å². The fraction of sp³-hybridized carbons (Fsp3) is 0.111. The zero-order chi connectivity index (χ0) is 21.4. The third-order valence-corrected chi connectivity index (χ3v) is 5.56. The summed E-state index contributed by atoms with van der Waals surface area (Å²) in [5.41, 5.74) is 4.74. The number of aromatic nitrogens is 2. The Bertz CT molecular complexity index is 1180. The third-order valence-electron chi connectivity index (χ3n) is 4.00. The number of pyridine rings is 2. The first kappa shape index (κ1) is 20.9. The summed E-state index contributed by atoms with van der Waals surface area (Å²) in [4.78, 5) is 7.85. The minimum Gasteiger partial charge on any atom is -0.384 e. The minimum absolute atomic E-state index is 0.0102. The van der Waals surface area contributed by atoms with Crippen molar-refractivity contribution in [2.75, 3.05) is 10.5 Å². The van der Waals surface area contributed by atoms with Gasteiger partial charge < -0.3 is 5.73 Å². The van der Waals surface area contributed by atoms with E-state index in [2.05, 4.69) is 14.7 Å². The Hall–Kier alpha value is -2.85. The number of nitrogen functional groups attached to an aromatic ring is 1. The first-order valence-corrected chi connectivity index (χ1v) is 9.94. The van der Waals surface area contributed by atoms with Gasteiger partial charge in [0.2, 0.25) is 0 Å². The smallest absolute Gasteiger partial charge is 0.384 e. The van der Waals surface area contributed by atoms with Gasteiger partial charge >= 0.3 is 6.18 Å². The second kappa shape index (κ2) is 7.53. The van der Waals surface area contributed by atoms with Gasteiger partial charge in [-0.2, -0.15) is 21.6 Å². The van der Waals surface area contributed by atoms with E-state index < -0.39 is 21.8 Å². The van der Waals surface area contributed by atoms with E-state index in [1.807, 2.05) is 0 Å². The van der Waals surface area contributed by atoms with Crippen molar-refractivity contribution in [1.82, 2.24) is 9.97 Å². The van der Waals surface area contributed by atoms with Crippen molar-refractivity contribution in [3.63, 3.8) is 0 Å². The molecule has 0 bridgehead atoms. The fourth-order valence-corrected chi connectivity index (χ4v) is 3.84. The van der Waals surface area contributed by atoms with Crippen molar-refractivity contribution in [2.24, 2.45) is 0 Å². The molecular weight excluding hydrogens is 429 g/mol. The molecule has 2 heterocycles. The maximum absolute atomic E-state index is 13.2. The van der Waals surface area contributed by atoms with E-state index in [9.17, 15) is 21.6 Å². The summed E-state index contributed by atoms with van der Waals surface area (Å²) in [5, 5.41) is -0.261. The molecule has 2 aromatic heterocycles. The summed E-state index contributed by atoms with van der Waals surface area (Å²) in [5.74, 6) is -0.123. The van der Waals surface area contributed by atoms with Crippen LogP contribution in [0.15, 0.2) is 53.6 Å². The summed E-state index contributed by atoms with van der Waals surface area (Å²) in [6.07, 6.45) is -4.55. The Balaban J connectivity index is 2.04. The van der Waals surface area contributed by atoms with Gasteiger partial charge in [0.05, 0.1) is 16.3 Å². The summed E-state index contributed by atoms with van der Waals surface area (Å²) < 4.78 is 66.8. The van der Waals surface area contributed by atoms with Crippen molar-refractivity contribution < 1.29 is 21.6 Å². The molecule has 0 unspecified atom stereocenters. The molecule has 0 saturated carbocycles. The van der Waals surface area contributed by atoms with Crippen LogP contribution in [0.1, 0.15) is 11.1 Å². The largest absolute Gasteiger partial charge is 0.416 e. The molecule has 0 atom stereocenters. The van der Waals surface area contributed by atoms with Crippen LogP contribution < -0.4 is 10.5 Å². The molecule has 0 aliphatic carbocycles. The maximum Gasteiger partial charge on any atom is 0.416 e. The molecule has 29 heavy (non-hydrogen) atoms. The van der Waals surface area contributed by atoms with E-state index >= 15 is 0 Å². The first-order chi connectivity index (χ1) is 13.5. The van der Waals surface area contributed by atoms with Crippen LogP contribution in [0.4, 0.5) is 24.8 Å². The van der Waals surface area contributed by atoms with Gasteiger partial charge in [-0.05, 0) is 42.8 Å². The second-order valence-electron chi connectivity index (χ2n) is 6.01. The Morgan fingerprint density at radius 2 is 1.72 bits per heavy atom. The molecule has 152 valence electrons. The van der Waals surface area contributed by atoms with E-state index in [0.717, 1.165) is 6.07 Å². The van der Waals surface area contributed by atoms with Crippen molar-refractivity contribution in [2.45, 2.75) is 18.1 Å². The van der Waals surface area contributed by atoms with Crippen molar-refractivity contribution >= 4 is 33.3 Å². The van der Waals surface area contributed by atoms with Gasteiger partial charge in [0, 0.05) is 5.56 Å². The first-order valence-electron chi connectivity index (χ1n) is 8.08. The molecule has 0 spiro atoms. The highest BCUT2D eigenvalue weighted by molar-refractivity contribution is 7.92. The molecule has 3 N–H and O–H groups in total. The number of anilines is 2. The topological polar surface area (TPSA) is 98.0 Å². The van der Waals surface area contributed by atoms with Crippen LogP contribution >= 0.6 is 11.6 Å². The zero-order valence-corrected chi connectivity index (χ0v) is 16.4. The number of alkyl halides is 3. The molecule has 0 saturated heterocycles. The van der Waals surface area contributed by atoms with Gasteiger partial charge in [0.25, 0.3) is 10.0 Å². The average Bonchev–Trinajstić information content (AvgIpc) is 2.62. The number of nitrogens with two attached hydrogens (primary N) is 1. The summed E-state index contributed by atoms with van der Waals surface area (Å²) in [6, 6.07) is 10.3. The van der Waals surface area contributed by atoms with Crippen LogP contribution in [0.25, 0.3) is 11.3 Å². The van der Waals surface area contributed by atoms with E-state index in [1.165, 1.54) is 49.4 Å². The standard InChI is InChI=1S/C18H14ClF3N4O2S/c1-10-11(4-2-5-12(10)18(20,21)22)17-13(19)8-9-15(25-17)26-29(27,28)16-7-3-6-14(23)24-16/h2-9H,1H3,(H2,23,24)(H,25,26). The SMILES string of the molecule is Cc1c(-c2nc(NS(=O)(=O)c3cccc(N)n3)ccc2Cl)cccc1C(F)(F)F. The minimum atomic E-state index is -4.55. The van der Waals surface area contributed by atoms with Gasteiger partial charge in [-0.1, -0.05) is 29.8 Å². The van der Waals surface area contributed by atoms with Crippen LogP contribution in [0.3, 0.4) is 0 Å². The highest BCUT2D eigenvalue weighted by Crippen LogP contribution is 2.37. The van der Waals surface area contributed by atoms with Crippen molar-refractivity contribution in [3.8, 4) is 11.3 Å². The van der Waals surface area contributed by atoms with E-state index in [1.54, 1.807) is 0 Å². The molecule has 6 nitrogen and oxygen atoms in total. The molecule has 11 heteroatoms. The average molecular weight is 443 g/mol. The normalized spacial score (nSPS) is 12.0. The van der Waals surface area contributed by atoms with Gasteiger partial charge in [0.1, 0.15) is 11.6 Å². The Kier molecular flexibility index (Phi) is 5.42. The number of sulfonamides is 1. The molecule has 0 fully saturated rings. The number of nitrogens with one attached hydrogen (secondary N) is 1. The molecule has 0 aliphatic heterocycles. The molecule has 3 rings (SSSR count). The van der Waals surface area contributed by atoms with Crippen LogP contribution in [-0.2, 0) is 16.2 Å². The van der Waals surface area contributed by atoms with Gasteiger partial charge in [-0.15, -0.1) is 0 Å². The van der Waals surface area contributed by atoms with Gasteiger partial charge in [0.15, 0.2) is 5.03 Å². The lowest BCUT2D eigenvalue weighted by molar-refractivity contribution is -0.138. The Labute approximate surface area is 169 Å². The number of rotatable bonds is 4. The monoisotopic (exact) mass is 442 g/mol. The lowest BCUT2D eigenvalue weighted by atomic mass is 9.99. The van der Waals surface area contributed by atoms with Crippen LogP contribution in [-0.4, -0.2) is 18.4 Å². The number of hydrogen-bond donors (Lipinski definition) is 2. The highest BCUT2D eigenvalue weighted by Gasteiger charge is 2.33. The molecular formula is C18H14ClF3N4O2S. The quantitative estimate of drug-likeness (QED) is 0.619. The number of halogens is 4. The fourth-order valence-electron chi connectivity index (χ4n) is 2.66. The molecule has 0 radical (unpaired) electrons. The van der Waals surface area contributed by atoms with Crippen LogP contribution in [0.2, 0.25) is 5.02 Å². The van der Waals surface area contributed by atoms with Crippen LogP contribution in [0.5, 0.6) is 0 Å². The Morgan fingerprint density at radius 1 is 1.03 bits per heavy atom. The van der Waals surface area contributed by atoms with E-state index in [4.69, 9.17) is 17.3 Å². The third kappa shape index (κ3) is 4.43. The summed E-state index contributed by atoms with van der Waals surface area (Å²) >= 11 is 6.13. The second-order valence-corrected chi connectivity index (χ2v) is 8.05. The van der Waals surface area contributed by atoms with Crippen LogP contribution in [0, 0.1) is 6.92 Å². The van der Waals surface area contributed by atoms with Crippen molar-refractivity contribution in [1.29, 1.82) is 0 Å². The predicted octanol–water partition coefficient (Wildman–Crippen LogP) is 4.51. The predicted molar refractivity (Wildman–Crippen MR) is 104 cm³/mol. The van der Waals surface area contributed by atoms with Gasteiger partial charge in [-0.25, -0.2) is 9.97 Å².